The van der Waals surface area contributed by atoms with E-state index in [2.05, 4.69) is 0 Å². The van der Waals surface area contributed by atoms with Crippen LogP contribution in [-0.2, 0) is 19.6 Å². The van der Waals surface area contributed by atoms with Gasteiger partial charge in [0.2, 0.25) is 15.9 Å². The lowest BCUT2D eigenvalue weighted by molar-refractivity contribution is -0.130. The van der Waals surface area contributed by atoms with Crippen LogP contribution in [0.1, 0.15) is 17.3 Å². The number of hydrogen-bond acceptors (Lipinski definition) is 5. The lowest BCUT2D eigenvalue weighted by Crippen LogP contribution is -2.50. The second-order valence-electron chi connectivity index (χ2n) is 6.34. The summed E-state index contributed by atoms with van der Waals surface area (Å²) < 4.78 is 31.8. The molecule has 9 heteroatoms. The topological polar surface area (TPSA) is 87.2 Å². The summed E-state index contributed by atoms with van der Waals surface area (Å²) in [5.74, 6) is -0.140. The molecule has 26 heavy (non-hydrogen) atoms. The van der Waals surface area contributed by atoms with Gasteiger partial charge in [-0.2, -0.15) is 4.31 Å². The molecule has 0 radical (unpaired) electrons. The minimum absolute atomic E-state index is 0.00905. The average Bonchev–Trinajstić information content (AvgIpc) is 2.68. The maximum Gasteiger partial charge on any atom is 0.253 e. The van der Waals surface area contributed by atoms with Gasteiger partial charge in [0, 0.05) is 51.8 Å². The number of morpholine rings is 1. The number of hydrogen-bond donors (Lipinski definition) is 0. The highest BCUT2D eigenvalue weighted by atomic mass is 32.2. The number of ether oxygens (including phenoxy) is 1. The van der Waals surface area contributed by atoms with Crippen LogP contribution in [-0.4, -0.2) is 86.8 Å². The fourth-order valence-electron chi connectivity index (χ4n) is 3.11. The van der Waals surface area contributed by atoms with E-state index in [-0.39, 0.29) is 16.7 Å². The van der Waals surface area contributed by atoms with Gasteiger partial charge in [0.25, 0.3) is 5.91 Å². The van der Waals surface area contributed by atoms with Crippen molar-refractivity contribution in [2.24, 2.45) is 0 Å². The number of piperazine rings is 1. The Bertz CT molecular complexity index is 764. The molecule has 0 aliphatic carbocycles. The number of benzene rings is 1. The molecule has 2 saturated heterocycles. The molecule has 2 amide bonds. The summed E-state index contributed by atoms with van der Waals surface area (Å²) in [4.78, 5) is 27.5. The number of nitrogens with zero attached hydrogens (tertiary/aromatic N) is 3. The highest BCUT2D eigenvalue weighted by Gasteiger charge is 2.27. The molecular weight excluding hydrogens is 358 g/mol. The van der Waals surface area contributed by atoms with E-state index >= 15 is 0 Å². The highest BCUT2D eigenvalue weighted by molar-refractivity contribution is 7.89. The molecule has 3 rings (SSSR count). The summed E-state index contributed by atoms with van der Waals surface area (Å²) in [5.41, 5.74) is 0.446. The van der Waals surface area contributed by atoms with Gasteiger partial charge in [0.05, 0.1) is 18.1 Å². The van der Waals surface area contributed by atoms with Crippen LogP contribution in [0.2, 0.25) is 0 Å². The van der Waals surface area contributed by atoms with E-state index in [1.54, 1.807) is 21.9 Å². The van der Waals surface area contributed by atoms with Crippen molar-refractivity contribution in [2.45, 2.75) is 11.8 Å². The molecule has 2 heterocycles. The van der Waals surface area contributed by atoms with Crippen LogP contribution < -0.4 is 0 Å². The lowest BCUT2D eigenvalue weighted by atomic mass is 10.2. The maximum atomic E-state index is 12.6. The Morgan fingerprint density at radius 2 is 1.42 bits per heavy atom. The summed E-state index contributed by atoms with van der Waals surface area (Å²) in [6, 6.07) is 6.05. The van der Waals surface area contributed by atoms with E-state index < -0.39 is 10.0 Å². The number of rotatable bonds is 3. The van der Waals surface area contributed by atoms with Crippen molar-refractivity contribution in [1.82, 2.24) is 14.1 Å². The largest absolute Gasteiger partial charge is 0.379 e. The van der Waals surface area contributed by atoms with Crippen molar-refractivity contribution in [3.63, 3.8) is 0 Å². The van der Waals surface area contributed by atoms with Crippen LogP contribution in [0, 0.1) is 0 Å². The second-order valence-corrected chi connectivity index (χ2v) is 8.28. The van der Waals surface area contributed by atoms with Crippen LogP contribution in [0.25, 0.3) is 0 Å². The zero-order valence-electron chi connectivity index (χ0n) is 14.8. The van der Waals surface area contributed by atoms with Gasteiger partial charge in [0.1, 0.15) is 0 Å². The van der Waals surface area contributed by atoms with Crippen molar-refractivity contribution in [2.75, 3.05) is 52.5 Å². The molecule has 142 valence electrons. The van der Waals surface area contributed by atoms with E-state index in [1.165, 1.54) is 23.4 Å². The number of amides is 2. The Kier molecular flexibility index (Phi) is 5.59. The third-order valence-corrected chi connectivity index (χ3v) is 6.63. The molecule has 1 aromatic rings. The Morgan fingerprint density at radius 3 is 1.96 bits per heavy atom. The molecule has 2 fully saturated rings. The Labute approximate surface area is 153 Å². The number of carbonyl (C=O) groups excluding carboxylic acids is 2. The lowest BCUT2D eigenvalue weighted by Gasteiger charge is -2.34. The van der Waals surface area contributed by atoms with Crippen molar-refractivity contribution in [3.05, 3.63) is 29.8 Å². The fraction of sp³-hybridized carbons (Fsp3) is 0.529. The van der Waals surface area contributed by atoms with Gasteiger partial charge in [-0.05, 0) is 24.3 Å². The maximum absolute atomic E-state index is 12.6. The molecule has 2 aliphatic rings. The van der Waals surface area contributed by atoms with Crippen LogP contribution >= 0.6 is 0 Å². The molecule has 0 spiro atoms. The van der Waals surface area contributed by atoms with Gasteiger partial charge < -0.3 is 14.5 Å². The minimum atomic E-state index is -3.56. The molecule has 1 aromatic carbocycles. The van der Waals surface area contributed by atoms with Gasteiger partial charge in [0.15, 0.2) is 0 Å². The van der Waals surface area contributed by atoms with Crippen LogP contribution in [0.15, 0.2) is 29.2 Å². The molecule has 0 atom stereocenters. The summed E-state index contributed by atoms with van der Waals surface area (Å²) in [6.07, 6.45) is 0. The average molecular weight is 381 g/mol. The van der Waals surface area contributed by atoms with Gasteiger partial charge in [-0.15, -0.1) is 0 Å². The molecule has 8 nitrogen and oxygen atoms in total. The molecular formula is C17H23N3O5S. The zero-order chi connectivity index (χ0) is 18.7. The Balaban J connectivity index is 1.67. The van der Waals surface area contributed by atoms with Gasteiger partial charge in [-0.25, -0.2) is 8.42 Å². The first kappa shape index (κ1) is 18.8. The third-order valence-electron chi connectivity index (χ3n) is 4.72. The normalized spacial score (nSPS) is 19.4. The second kappa shape index (κ2) is 7.73. The summed E-state index contributed by atoms with van der Waals surface area (Å²) in [6.45, 7) is 4.97. The van der Waals surface area contributed by atoms with E-state index in [0.717, 1.165) is 0 Å². The van der Waals surface area contributed by atoms with Crippen LogP contribution in [0.4, 0.5) is 0 Å². The van der Waals surface area contributed by atoms with E-state index in [4.69, 9.17) is 4.74 Å². The van der Waals surface area contributed by atoms with E-state index in [1.807, 2.05) is 0 Å². The Morgan fingerprint density at radius 1 is 0.885 bits per heavy atom. The van der Waals surface area contributed by atoms with Gasteiger partial charge in [-0.1, -0.05) is 0 Å². The quantitative estimate of drug-likeness (QED) is 0.736. The highest BCUT2D eigenvalue weighted by Crippen LogP contribution is 2.18. The third kappa shape index (κ3) is 3.89. The standard InChI is InChI=1S/C17H23N3O5S/c1-14(21)18-6-8-19(9-7-18)17(22)15-2-4-16(5-3-15)26(23,24)20-10-12-25-13-11-20/h2-5H,6-13H2,1H3. The van der Waals surface area contributed by atoms with Crippen molar-refractivity contribution < 1.29 is 22.7 Å². The predicted octanol–water partition coefficient (Wildman–Crippen LogP) is 0.0118. The van der Waals surface area contributed by atoms with Crippen LogP contribution in [0.5, 0.6) is 0 Å². The van der Waals surface area contributed by atoms with Crippen molar-refractivity contribution in [1.29, 1.82) is 0 Å². The summed E-state index contributed by atoms with van der Waals surface area (Å²) in [7, 11) is -3.56. The Hall–Kier alpha value is -1.97. The first-order valence-electron chi connectivity index (χ1n) is 8.62. The first-order valence-corrected chi connectivity index (χ1v) is 10.1. The number of sulfonamides is 1. The molecule has 0 N–H and O–H groups in total. The molecule has 0 aromatic heterocycles. The minimum Gasteiger partial charge on any atom is -0.379 e. The SMILES string of the molecule is CC(=O)N1CCN(C(=O)c2ccc(S(=O)(=O)N3CCOCC3)cc2)CC1. The van der Waals surface area contributed by atoms with Gasteiger partial charge >= 0.3 is 0 Å². The number of carbonyl (C=O) groups is 2. The summed E-state index contributed by atoms with van der Waals surface area (Å²) in [5, 5.41) is 0. The zero-order valence-corrected chi connectivity index (χ0v) is 15.6. The van der Waals surface area contributed by atoms with Crippen LogP contribution in [0.3, 0.4) is 0 Å². The monoisotopic (exact) mass is 381 g/mol. The molecule has 2 aliphatic heterocycles. The molecule has 0 bridgehead atoms. The first-order chi connectivity index (χ1) is 12.4. The summed E-state index contributed by atoms with van der Waals surface area (Å²) >= 11 is 0. The van der Waals surface area contributed by atoms with E-state index in [9.17, 15) is 18.0 Å². The van der Waals surface area contributed by atoms with E-state index in [0.29, 0.717) is 58.0 Å². The fourth-order valence-corrected chi connectivity index (χ4v) is 4.52. The molecule has 0 saturated carbocycles. The predicted molar refractivity (Wildman–Crippen MR) is 94.2 cm³/mol. The van der Waals surface area contributed by atoms with Gasteiger partial charge in [-0.3, -0.25) is 9.59 Å². The van der Waals surface area contributed by atoms with Crippen molar-refractivity contribution in [3.8, 4) is 0 Å². The molecule has 0 unspecified atom stereocenters. The smallest absolute Gasteiger partial charge is 0.253 e. The van der Waals surface area contributed by atoms with Crippen molar-refractivity contribution >= 4 is 21.8 Å².